The van der Waals surface area contributed by atoms with Gasteiger partial charge in [0.1, 0.15) is 5.82 Å². The van der Waals surface area contributed by atoms with Gasteiger partial charge in [0.2, 0.25) is 0 Å². The van der Waals surface area contributed by atoms with Crippen molar-refractivity contribution in [1.29, 1.82) is 0 Å². The van der Waals surface area contributed by atoms with Gasteiger partial charge in [0.05, 0.1) is 10.5 Å². The first-order chi connectivity index (χ1) is 12.7. The van der Waals surface area contributed by atoms with Crippen LogP contribution in [0, 0.1) is 5.82 Å². The average molecular weight is 394 g/mol. The summed E-state index contributed by atoms with van der Waals surface area (Å²) in [4.78, 5) is 23.4. The fourth-order valence-corrected chi connectivity index (χ4v) is 3.20. The Morgan fingerprint density at radius 1 is 1.11 bits per heavy atom. The molecule has 0 aliphatic heterocycles. The molecule has 2 N–H and O–H groups in total. The van der Waals surface area contributed by atoms with Crippen LogP contribution in [0.3, 0.4) is 0 Å². The molecular formula is C18H19FN2O5S. The molecule has 0 atom stereocenters. The molecule has 2 aromatic carbocycles. The number of ether oxygens (including phenoxy) is 1. The third-order valence-corrected chi connectivity index (χ3v) is 4.64. The lowest BCUT2D eigenvalue weighted by Gasteiger charge is -2.10. The number of benzene rings is 2. The highest BCUT2D eigenvalue weighted by Crippen LogP contribution is 2.18. The molecule has 0 fully saturated rings. The van der Waals surface area contributed by atoms with Gasteiger partial charge in [-0.05, 0) is 56.3 Å². The number of carbonyl (C=O) groups excluding carboxylic acids is 2. The van der Waals surface area contributed by atoms with E-state index in [9.17, 15) is 22.4 Å². The van der Waals surface area contributed by atoms with Crippen molar-refractivity contribution in [2.24, 2.45) is 0 Å². The minimum atomic E-state index is -3.99. The van der Waals surface area contributed by atoms with Crippen LogP contribution in [0.1, 0.15) is 24.2 Å². The minimum absolute atomic E-state index is 0.0191. The monoisotopic (exact) mass is 394 g/mol. The molecule has 0 aliphatic carbocycles. The first kappa shape index (κ1) is 20.4. The van der Waals surface area contributed by atoms with E-state index in [1.54, 1.807) is 13.8 Å². The van der Waals surface area contributed by atoms with E-state index >= 15 is 0 Å². The lowest BCUT2D eigenvalue weighted by Crippen LogP contribution is -2.34. The van der Waals surface area contributed by atoms with Crippen molar-refractivity contribution in [3.63, 3.8) is 0 Å². The molecule has 2 rings (SSSR count). The standard InChI is InChI=1S/C18H19FN2O5S/c1-12(2)20-17(22)11-26-18(23)13-4-3-5-16(10-13)27(24,25)21-15-8-6-14(19)7-9-15/h3-10,12,21H,11H2,1-2H3,(H,20,22). The summed E-state index contributed by atoms with van der Waals surface area (Å²) in [6.07, 6.45) is 0. The molecule has 1 amide bonds. The highest BCUT2D eigenvalue weighted by molar-refractivity contribution is 7.92. The Kier molecular flexibility index (Phi) is 6.51. The Bertz CT molecular complexity index is 927. The summed E-state index contributed by atoms with van der Waals surface area (Å²) in [5.74, 6) is -1.78. The average Bonchev–Trinajstić information content (AvgIpc) is 2.61. The molecule has 0 saturated heterocycles. The Morgan fingerprint density at radius 3 is 2.41 bits per heavy atom. The van der Waals surface area contributed by atoms with E-state index in [0.29, 0.717) is 0 Å². The van der Waals surface area contributed by atoms with Gasteiger partial charge in [-0.2, -0.15) is 0 Å². The smallest absolute Gasteiger partial charge is 0.338 e. The molecule has 0 aromatic heterocycles. The van der Waals surface area contributed by atoms with Crippen molar-refractivity contribution in [2.45, 2.75) is 24.8 Å². The molecular weight excluding hydrogens is 375 g/mol. The highest BCUT2D eigenvalue weighted by atomic mass is 32.2. The first-order valence-corrected chi connectivity index (χ1v) is 9.50. The molecule has 27 heavy (non-hydrogen) atoms. The number of carbonyl (C=O) groups is 2. The van der Waals surface area contributed by atoms with Crippen LogP contribution < -0.4 is 10.0 Å². The number of esters is 1. The summed E-state index contributed by atoms with van der Waals surface area (Å²) in [5, 5.41) is 2.57. The van der Waals surface area contributed by atoms with E-state index in [0.717, 1.165) is 18.2 Å². The summed E-state index contributed by atoms with van der Waals surface area (Å²) < 4.78 is 45.0. The predicted octanol–water partition coefficient (Wildman–Crippen LogP) is 2.31. The highest BCUT2D eigenvalue weighted by Gasteiger charge is 2.18. The Labute approximate surface area is 156 Å². The Hall–Kier alpha value is -2.94. The SMILES string of the molecule is CC(C)NC(=O)COC(=O)c1cccc(S(=O)(=O)Nc2ccc(F)cc2)c1. The Morgan fingerprint density at radius 2 is 1.78 bits per heavy atom. The van der Waals surface area contributed by atoms with Gasteiger partial charge in [-0.1, -0.05) is 6.07 Å². The molecule has 0 bridgehead atoms. The molecule has 9 heteroatoms. The number of rotatable bonds is 7. The fraction of sp³-hybridized carbons (Fsp3) is 0.222. The second-order valence-corrected chi connectivity index (χ2v) is 7.62. The van der Waals surface area contributed by atoms with E-state index in [4.69, 9.17) is 4.74 Å². The third-order valence-electron chi connectivity index (χ3n) is 3.26. The second-order valence-electron chi connectivity index (χ2n) is 5.94. The van der Waals surface area contributed by atoms with Gasteiger partial charge in [0.15, 0.2) is 6.61 Å². The van der Waals surface area contributed by atoms with Crippen LogP contribution in [0.2, 0.25) is 0 Å². The zero-order chi connectivity index (χ0) is 20.0. The molecule has 0 spiro atoms. The van der Waals surface area contributed by atoms with Crippen LogP contribution in [0.25, 0.3) is 0 Å². The zero-order valence-electron chi connectivity index (χ0n) is 14.7. The molecule has 0 heterocycles. The van der Waals surface area contributed by atoms with Crippen LogP contribution in [-0.2, 0) is 19.6 Å². The van der Waals surface area contributed by atoms with Gasteiger partial charge in [-0.25, -0.2) is 17.6 Å². The number of nitrogens with one attached hydrogen (secondary N) is 2. The van der Waals surface area contributed by atoms with Crippen molar-refractivity contribution in [3.05, 3.63) is 59.9 Å². The fourth-order valence-electron chi connectivity index (χ4n) is 2.10. The van der Waals surface area contributed by atoms with Crippen molar-refractivity contribution in [3.8, 4) is 0 Å². The molecule has 144 valence electrons. The van der Waals surface area contributed by atoms with Crippen LogP contribution >= 0.6 is 0 Å². The van der Waals surface area contributed by atoms with Crippen molar-refractivity contribution >= 4 is 27.6 Å². The maximum Gasteiger partial charge on any atom is 0.338 e. The van der Waals surface area contributed by atoms with Gasteiger partial charge < -0.3 is 10.1 Å². The molecule has 0 saturated carbocycles. The van der Waals surface area contributed by atoms with Crippen LogP contribution in [0.4, 0.5) is 10.1 Å². The molecule has 7 nitrogen and oxygen atoms in total. The van der Waals surface area contributed by atoms with E-state index < -0.39 is 34.3 Å². The summed E-state index contributed by atoms with van der Waals surface area (Å²) in [7, 11) is -3.99. The van der Waals surface area contributed by atoms with E-state index in [-0.39, 0.29) is 22.2 Å². The van der Waals surface area contributed by atoms with Crippen LogP contribution in [-0.4, -0.2) is 32.9 Å². The summed E-state index contributed by atoms with van der Waals surface area (Å²) in [6, 6.07) is 9.88. The molecule has 0 unspecified atom stereocenters. The maximum absolute atomic E-state index is 12.9. The van der Waals surface area contributed by atoms with Crippen molar-refractivity contribution < 1.29 is 27.1 Å². The number of halogens is 1. The van der Waals surface area contributed by atoms with Crippen molar-refractivity contribution in [1.82, 2.24) is 5.32 Å². The van der Waals surface area contributed by atoms with Gasteiger partial charge in [-0.15, -0.1) is 0 Å². The maximum atomic E-state index is 12.9. The number of anilines is 1. The third kappa shape index (κ3) is 6.07. The second kappa shape index (κ2) is 8.63. The van der Waals surface area contributed by atoms with Crippen molar-refractivity contribution in [2.75, 3.05) is 11.3 Å². The van der Waals surface area contributed by atoms with Crippen LogP contribution in [0.5, 0.6) is 0 Å². The first-order valence-electron chi connectivity index (χ1n) is 8.02. The largest absolute Gasteiger partial charge is 0.452 e. The van der Waals surface area contributed by atoms with E-state index in [1.165, 1.54) is 30.3 Å². The molecule has 0 radical (unpaired) electrons. The quantitative estimate of drug-likeness (QED) is 0.702. The lowest BCUT2D eigenvalue weighted by molar-refractivity contribution is -0.124. The normalized spacial score (nSPS) is 11.1. The topological polar surface area (TPSA) is 102 Å². The number of hydrogen-bond donors (Lipinski definition) is 2. The van der Waals surface area contributed by atoms with Crippen LogP contribution in [0.15, 0.2) is 53.4 Å². The van der Waals surface area contributed by atoms with Gasteiger partial charge in [-0.3, -0.25) is 9.52 Å². The van der Waals surface area contributed by atoms with Gasteiger partial charge >= 0.3 is 5.97 Å². The van der Waals surface area contributed by atoms with Gasteiger partial charge in [0, 0.05) is 11.7 Å². The summed E-state index contributed by atoms with van der Waals surface area (Å²) in [6.45, 7) is 3.06. The van der Waals surface area contributed by atoms with Gasteiger partial charge in [0.25, 0.3) is 15.9 Å². The van der Waals surface area contributed by atoms with E-state index in [1.807, 2.05) is 0 Å². The summed E-state index contributed by atoms with van der Waals surface area (Å²) >= 11 is 0. The predicted molar refractivity (Wildman–Crippen MR) is 97.2 cm³/mol. The number of sulfonamides is 1. The number of hydrogen-bond acceptors (Lipinski definition) is 5. The molecule has 2 aromatic rings. The lowest BCUT2D eigenvalue weighted by atomic mass is 10.2. The Balaban J connectivity index is 2.10. The number of amides is 1. The van der Waals surface area contributed by atoms with E-state index in [2.05, 4.69) is 10.0 Å². The minimum Gasteiger partial charge on any atom is -0.452 e. The molecule has 0 aliphatic rings. The summed E-state index contributed by atoms with van der Waals surface area (Å²) in [5.41, 5.74) is 0.157. The zero-order valence-corrected chi connectivity index (χ0v) is 15.5.